The Morgan fingerprint density at radius 2 is 1.96 bits per heavy atom. The number of carbonyl (C=O) groups excluding carboxylic acids is 1. The van der Waals surface area contributed by atoms with Crippen molar-refractivity contribution in [1.29, 1.82) is 0 Å². The number of fused-ring (bicyclic) bond motifs is 1. The molecule has 7 heteroatoms. The first kappa shape index (κ1) is 16.9. The van der Waals surface area contributed by atoms with Crippen molar-refractivity contribution in [2.45, 2.75) is 24.9 Å². The molecule has 1 N–H and O–H groups in total. The lowest BCUT2D eigenvalue weighted by atomic mass is 10.3. The minimum atomic E-state index is -0.148. The number of hydrogen-bond donors (Lipinski definition) is 1. The standard InChI is InChI=1S/C19H20N4O2S/c1-13-11-15-17(20-13)18(25)23(14-7-3-2-4-8-14)19(21-15)26-12-16(24)22-9-5-6-10-22/h2-4,7-8,11,20H,5-6,9-10,12H2,1H3. The van der Waals surface area contributed by atoms with E-state index < -0.39 is 0 Å². The summed E-state index contributed by atoms with van der Waals surface area (Å²) in [4.78, 5) is 35.1. The summed E-state index contributed by atoms with van der Waals surface area (Å²) in [7, 11) is 0. The fraction of sp³-hybridized carbons (Fsp3) is 0.316. The number of nitrogens with one attached hydrogen (secondary N) is 1. The number of aromatic nitrogens is 3. The molecule has 4 rings (SSSR count). The number of H-pyrrole nitrogens is 1. The summed E-state index contributed by atoms with van der Waals surface area (Å²) in [5.41, 5.74) is 2.61. The van der Waals surface area contributed by atoms with E-state index in [0.717, 1.165) is 37.3 Å². The van der Waals surface area contributed by atoms with Crippen LogP contribution >= 0.6 is 11.8 Å². The number of rotatable bonds is 4. The van der Waals surface area contributed by atoms with Gasteiger partial charge in [0.2, 0.25) is 5.91 Å². The number of amides is 1. The fourth-order valence-electron chi connectivity index (χ4n) is 3.26. The van der Waals surface area contributed by atoms with Crippen molar-refractivity contribution >= 4 is 28.7 Å². The second-order valence-electron chi connectivity index (χ2n) is 6.46. The van der Waals surface area contributed by atoms with Crippen LogP contribution in [0.1, 0.15) is 18.5 Å². The first-order valence-corrected chi connectivity index (χ1v) is 9.70. The molecule has 1 fully saturated rings. The Kier molecular flexibility index (Phi) is 4.55. The van der Waals surface area contributed by atoms with Gasteiger partial charge in [-0.2, -0.15) is 0 Å². The molecule has 1 amide bonds. The number of thioether (sulfide) groups is 1. The van der Waals surface area contributed by atoms with Gasteiger partial charge in [0.1, 0.15) is 5.52 Å². The molecule has 1 aromatic carbocycles. The molecule has 0 atom stereocenters. The molecule has 1 aliphatic heterocycles. The minimum Gasteiger partial charge on any atom is -0.353 e. The third-order valence-electron chi connectivity index (χ3n) is 4.55. The van der Waals surface area contributed by atoms with Gasteiger partial charge in [-0.15, -0.1) is 0 Å². The zero-order valence-corrected chi connectivity index (χ0v) is 15.4. The average molecular weight is 368 g/mol. The van der Waals surface area contributed by atoms with Gasteiger partial charge in [0, 0.05) is 18.8 Å². The van der Waals surface area contributed by atoms with Crippen molar-refractivity contribution in [2.24, 2.45) is 0 Å². The van der Waals surface area contributed by atoms with Crippen LogP contribution in [0.2, 0.25) is 0 Å². The van der Waals surface area contributed by atoms with E-state index in [9.17, 15) is 9.59 Å². The third-order valence-corrected chi connectivity index (χ3v) is 5.48. The van der Waals surface area contributed by atoms with Gasteiger partial charge in [-0.1, -0.05) is 30.0 Å². The molecule has 0 aliphatic carbocycles. The normalized spacial score (nSPS) is 14.3. The second-order valence-corrected chi connectivity index (χ2v) is 7.40. The molecule has 26 heavy (non-hydrogen) atoms. The van der Waals surface area contributed by atoms with Crippen LogP contribution in [0.25, 0.3) is 16.7 Å². The summed E-state index contributed by atoms with van der Waals surface area (Å²) >= 11 is 1.32. The molecular weight excluding hydrogens is 348 g/mol. The predicted octanol–water partition coefficient (Wildman–Crippen LogP) is 2.74. The van der Waals surface area contributed by atoms with Crippen LogP contribution in [0, 0.1) is 6.92 Å². The number of aromatic amines is 1. The van der Waals surface area contributed by atoms with E-state index in [4.69, 9.17) is 0 Å². The van der Waals surface area contributed by atoms with Crippen molar-refractivity contribution < 1.29 is 4.79 Å². The molecular formula is C19H20N4O2S. The Balaban J connectivity index is 1.74. The van der Waals surface area contributed by atoms with Crippen LogP contribution in [0.5, 0.6) is 0 Å². The van der Waals surface area contributed by atoms with Crippen LogP contribution in [0.3, 0.4) is 0 Å². The fourth-order valence-corrected chi connectivity index (χ4v) is 4.18. The van der Waals surface area contributed by atoms with Crippen LogP contribution in [0.15, 0.2) is 46.3 Å². The van der Waals surface area contributed by atoms with Gasteiger partial charge in [0.15, 0.2) is 5.16 Å². The van der Waals surface area contributed by atoms with E-state index in [2.05, 4.69) is 9.97 Å². The summed E-state index contributed by atoms with van der Waals surface area (Å²) in [6, 6.07) is 11.3. The number of nitrogens with zero attached hydrogens (tertiary/aromatic N) is 3. The predicted molar refractivity (Wildman–Crippen MR) is 103 cm³/mol. The van der Waals surface area contributed by atoms with Crippen LogP contribution in [-0.2, 0) is 4.79 Å². The zero-order chi connectivity index (χ0) is 18.1. The van der Waals surface area contributed by atoms with Crippen molar-refractivity contribution in [1.82, 2.24) is 19.4 Å². The maximum Gasteiger partial charge on any atom is 0.283 e. The monoisotopic (exact) mass is 368 g/mol. The van der Waals surface area contributed by atoms with E-state index in [1.54, 1.807) is 4.57 Å². The summed E-state index contributed by atoms with van der Waals surface area (Å²) in [5.74, 6) is 0.389. The molecule has 0 radical (unpaired) electrons. The van der Waals surface area contributed by atoms with E-state index in [1.165, 1.54) is 11.8 Å². The van der Waals surface area contributed by atoms with E-state index in [-0.39, 0.29) is 17.2 Å². The molecule has 0 unspecified atom stereocenters. The number of hydrogen-bond acceptors (Lipinski definition) is 4. The Hall–Kier alpha value is -2.54. The molecule has 3 heterocycles. The molecule has 3 aromatic rings. The highest BCUT2D eigenvalue weighted by Gasteiger charge is 2.20. The SMILES string of the molecule is Cc1cc2nc(SCC(=O)N3CCCC3)n(-c3ccccc3)c(=O)c2[nH]1. The quantitative estimate of drug-likeness (QED) is 0.568. The minimum absolute atomic E-state index is 0.103. The van der Waals surface area contributed by atoms with Crippen molar-refractivity contribution in [3.05, 3.63) is 52.4 Å². The maximum absolute atomic E-state index is 13.0. The topological polar surface area (TPSA) is 71.0 Å². The molecule has 134 valence electrons. The highest BCUT2D eigenvalue weighted by atomic mass is 32.2. The van der Waals surface area contributed by atoms with Crippen LogP contribution in [0.4, 0.5) is 0 Å². The molecule has 1 saturated heterocycles. The Bertz CT molecular complexity index is 1000. The molecule has 1 aliphatic rings. The first-order valence-electron chi connectivity index (χ1n) is 8.72. The number of carbonyl (C=O) groups is 1. The number of benzene rings is 1. The molecule has 0 spiro atoms. The summed E-state index contributed by atoms with van der Waals surface area (Å²) < 4.78 is 1.58. The largest absolute Gasteiger partial charge is 0.353 e. The average Bonchev–Trinajstić information content (AvgIpc) is 3.30. The van der Waals surface area contributed by atoms with Gasteiger partial charge in [-0.25, -0.2) is 4.98 Å². The Labute approximate surface area is 155 Å². The lowest BCUT2D eigenvalue weighted by molar-refractivity contribution is -0.127. The second kappa shape index (κ2) is 6.99. The summed E-state index contributed by atoms with van der Waals surface area (Å²) in [6.07, 6.45) is 2.13. The van der Waals surface area contributed by atoms with Crippen LogP contribution in [-0.4, -0.2) is 44.2 Å². The van der Waals surface area contributed by atoms with Gasteiger partial charge in [-0.3, -0.25) is 14.2 Å². The number of aryl methyl sites for hydroxylation is 1. The van der Waals surface area contributed by atoms with Crippen molar-refractivity contribution in [3.8, 4) is 5.69 Å². The van der Waals surface area contributed by atoms with E-state index >= 15 is 0 Å². The number of para-hydroxylation sites is 1. The van der Waals surface area contributed by atoms with Crippen molar-refractivity contribution in [3.63, 3.8) is 0 Å². The third kappa shape index (κ3) is 3.14. The smallest absolute Gasteiger partial charge is 0.283 e. The molecule has 6 nitrogen and oxygen atoms in total. The summed E-state index contributed by atoms with van der Waals surface area (Å²) in [5, 5.41) is 0.542. The van der Waals surface area contributed by atoms with Gasteiger partial charge in [0.25, 0.3) is 5.56 Å². The molecule has 0 bridgehead atoms. The van der Waals surface area contributed by atoms with E-state index in [1.807, 2.05) is 48.2 Å². The lowest BCUT2D eigenvalue weighted by Gasteiger charge is -2.16. The van der Waals surface area contributed by atoms with Gasteiger partial charge >= 0.3 is 0 Å². The van der Waals surface area contributed by atoms with Crippen LogP contribution < -0.4 is 5.56 Å². The first-order chi connectivity index (χ1) is 12.6. The van der Waals surface area contributed by atoms with Gasteiger partial charge < -0.3 is 9.88 Å². The summed E-state index contributed by atoms with van der Waals surface area (Å²) in [6.45, 7) is 3.56. The van der Waals surface area contributed by atoms with Gasteiger partial charge in [-0.05, 0) is 38.0 Å². The molecule has 2 aromatic heterocycles. The maximum atomic E-state index is 13.0. The van der Waals surface area contributed by atoms with E-state index in [0.29, 0.717) is 16.2 Å². The number of likely N-dealkylation sites (tertiary alicyclic amines) is 1. The van der Waals surface area contributed by atoms with Crippen molar-refractivity contribution in [2.75, 3.05) is 18.8 Å². The Morgan fingerprint density at radius 3 is 2.69 bits per heavy atom. The highest BCUT2D eigenvalue weighted by Crippen LogP contribution is 2.22. The Morgan fingerprint density at radius 1 is 1.23 bits per heavy atom. The zero-order valence-electron chi connectivity index (χ0n) is 14.6. The highest BCUT2D eigenvalue weighted by molar-refractivity contribution is 7.99. The molecule has 0 saturated carbocycles. The lowest BCUT2D eigenvalue weighted by Crippen LogP contribution is -2.29. The van der Waals surface area contributed by atoms with Gasteiger partial charge in [0.05, 0.1) is 17.0 Å².